The minimum absolute atomic E-state index is 0.0264. The lowest BCUT2D eigenvalue weighted by Gasteiger charge is -2.23. The van der Waals surface area contributed by atoms with E-state index in [1.54, 1.807) is 0 Å². The summed E-state index contributed by atoms with van der Waals surface area (Å²) < 4.78 is 0. The number of benzene rings is 1. The van der Waals surface area contributed by atoms with E-state index in [1.165, 1.54) is 0 Å². The summed E-state index contributed by atoms with van der Waals surface area (Å²) in [5, 5.41) is 11.8. The number of nitrogens with two attached hydrogens (primary N) is 1. The fourth-order valence-corrected chi connectivity index (χ4v) is 2.93. The van der Waals surface area contributed by atoms with Crippen molar-refractivity contribution in [3.05, 3.63) is 23.8 Å². The second kappa shape index (κ2) is 7.43. The van der Waals surface area contributed by atoms with Gasteiger partial charge in [-0.3, -0.25) is 9.69 Å². The van der Waals surface area contributed by atoms with Gasteiger partial charge in [-0.25, -0.2) is 0 Å². The lowest BCUT2D eigenvalue weighted by molar-refractivity contribution is -0.117. The van der Waals surface area contributed by atoms with Crippen LogP contribution in [0.4, 0.5) is 11.4 Å². The highest BCUT2D eigenvalue weighted by molar-refractivity contribution is 5.95. The van der Waals surface area contributed by atoms with E-state index < -0.39 is 0 Å². The summed E-state index contributed by atoms with van der Waals surface area (Å²) in [7, 11) is 0. The van der Waals surface area contributed by atoms with E-state index in [-0.39, 0.29) is 12.5 Å². The summed E-state index contributed by atoms with van der Waals surface area (Å²) in [5.74, 6) is -0.0264. The van der Waals surface area contributed by atoms with Crippen molar-refractivity contribution in [2.75, 3.05) is 30.7 Å². The van der Waals surface area contributed by atoms with E-state index in [2.05, 4.69) is 10.2 Å². The molecule has 5 heteroatoms. The third-order valence-electron chi connectivity index (χ3n) is 4.02. The standard InChI is InChI=1S/C16H25N3O2/c1-12-6-7-15(14(17)10-12)18-16(21)11-19-8-2-4-13(19)5-3-9-20/h6-7,10,13,20H,2-5,8-9,11,17H2,1H3,(H,18,21). The van der Waals surface area contributed by atoms with Crippen LogP contribution in [0.15, 0.2) is 18.2 Å². The van der Waals surface area contributed by atoms with Crippen molar-refractivity contribution in [3.63, 3.8) is 0 Å². The number of nitrogen functional groups attached to an aromatic ring is 1. The Bertz CT molecular complexity index is 490. The van der Waals surface area contributed by atoms with Crippen molar-refractivity contribution in [1.82, 2.24) is 4.90 Å². The second-order valence-corrected chi connectivity index (χ2v) is 5.77. The maximum atomic E-state index is 12.2. The summed E-state index contributed by atoms with van der Waals surface area (Å²) in [5.41, 5.74) is 8.27. The fraction of sp³-hybridized carbons (Fsp3) is 0.562. The summed E-state index contributed by atoms with van der Waals surface area (Å²) in [6, 6.07) is 6.05. The van der Waals surface area contributed by atoms with Crippen LogP contribution in [0.2, 0.25) is 0 Å². The first-order valence-corrected chi connectivity index (χ1v) is 7.61. The summed E-state index contributed by atoms with van der Waals surface area (Å²) in [4.78, 5) is 14.4. The first kappa shape index (κ1) is 15.8. The van der Waals surface area contributed by atoms with Crippen LogP contribution in [0.25, 0.3) is 0 Å². The van der Waals surface area contributed by atoms with Crippen molar-refractivity contribution in [3.8, 4) is 0 Å². The van der Waals surface area contributed by atoms with Crippen LogP contribution in [0, 0.1) is 6.92 Å². The Balaban J connectivity index is 1.89. The number of amides is 1. The topological polar surface area (TPSA) is 78.6 Å². The minimum atomic E-state index is -0.0264. The normalized spacial score (nSPS) is 18.9. The van der Waals surface area contributed by atoms with E-state index >= 15 is 0 Å². The van der Waals surface area contributed by atoms with Gasteiger partial charge < -0.3 is 16.2 Å². The highest BCUT2D eigenvalue weighted by Gasteiger charge is 2.25. The Morgan fingerprint density at radius 1 is 1.52 bits per heavy atom. The quantitative estimate of drug-likeness (QED) is 0.698. The molecular formula is C16H25N3O2. The molecule has 1 unspecified atom stereocenters. The van der Waals surface area contributed by atoms with E-state index in [4.69, 9.17) is 10.8 Å². The third kappa shape index (κ3) is 4.44. The molecule has 0 bridgehead atoms. The molecule has 0 saturated carbocycles. The largest absolute Gasteiger partial charge is 0.397 e. The van der Waals surface area contributed by atoms with Crippen molar-refractivity contribution in [1.29, 1.82) is 0 Å². The van der Waals surface area contributed by atoms with Gasteiger partial charge in [-0.15, -0.1) is 0 Å². The SMILES string of the molecule is Cc1ccc(NC(=O)CN2CCCC2CCCO)c(N)c1. The van der Waals surface area contributed by atoms with Gasteiger partial charge in [-0.05, 0) is 56.8 Å². The average Bonchev–Trinajstić information content (AvgIpc) is 2.87. The molecule has 2 rings (SSSR count). The number of rotatable bonds is 6. The molecular weight excluding hydrogens is 266 g/mol. The molecule has 5 nitrogen and oxygen atoms in total. The molecule has 1 amide bonds. The van der Waals surface area contributed by atoms with E-state index in [0.29, 0.717) is 24.0 Å². The number of hydrogen-bond acceptors (Lipinski definition) is 4. The van der Waals surface area contributed by atoms with Gasteiger partial charge in [0.05, 0.1) is 17.9 Å². The number of nitrogens with one attached hydrogen (secondary N) is 1. The number of aliphatic hydroxyl groups excluding tert-OH is 1. The van der Waals surface area contributed by atoms with Crippen molar-refractivity contribution in [2.45, 2.75) is 38.6 Å². The van der Waals surface area contributed by atoms with Crippen molar-refractivity contribution >= 4 is 17.3 Å². The summed E-state index contributed by atoms with van der Waals surface area (Å²) >= 11 is 0. The Morgan fingerprint density at radius 2 is 2.33 bits per heavy atom. The van der Waals surface area contributed by atoms with Crippen LogP contribution < -0.4 is 11.1 Å². The van der Waals surface area contributed by atoms with Crippen LogP contribution in [0.3, 0.4) is 0 Å². The van der Waals surface area contributed by atoms with Gasteiger partial charge in [0.15, 0.2) is 0 Å². The zero-order valence-corrected chi connectivity index (χ0v) is 12.6. The molecule has 116 valence electrons. The summed E-state index contributed by atoms with van der Waals surface area (Å²) in [6.45, 7) is 3.53. The Labute approximate surface area is 126 Å². The van der Waals surface area contributed by atoms with Crippen LogP contribution in [0.5, 0.6) is 0 Å². The number of aliphatic hydroxyl groups is 1. The van der Waals surface area contributed by atoms with Gasteiger partial charge in [0, 0.05) is 12.6 Å². The molecule has 4 N–H and O–H groups in total. The highest BCUT2D eigenvalue weighted by Crippen LogP contribution is 2.22. The molecule has 1 aromatic carbocycles. The number of carbonyl (C=O) groups is 1. The molecule has 21 heavy (non-hydrogen) atoms. The average molecular weight is 291 g/mol. The van der Waals surface area contributed by atoms with Crippen LogP contribution >= 0.6 is 0 Å². The lowest BCUT2D eigenvalue weighted by Crippen LogP contribution is -2.37. The second-order valence-electron chi connectivity index (χ2n) is 5.77. The zero-order valence-electron chi connectivity index (χ0n) is 12.6. The van der Waals surface area contributed by atoms with Crippen molar-refractivity contribution < 1.29 is 9.90 Å². The number of hydrogen-bond donors (Lipinski definition) is 3. The van der Waals surface area contributed by atoms with Gasteiger partial charge in [-0.2, -0.15) is 0 Å². The third-order valence-corrected chi connectivity index (χ3v) is 4.02. The highest BCUT2D eigenvalue weighted by atomic mass is 16.3. The molecule has 1 heterocycles. The Hall–Kier alpha value is -1.59. The number of likely N-dealkylation sites (tertiary alicyclic amines) is 1. The predicted molar refractivity (Wildman–Crippen MR) is 85.1 cm³/mol. The Kier molecular flexibility index (Phi) is 5.59. The minimum Gasteiger partial charge on any atom is -0.397 e. The summed E-state index contributed by atoms with van der Waals surface area (Å²) in [6.07, 6.45) is 3.99. The van der Waals surface area contributed by atoms with Crippen molar-refractivity contribution in [2.24, 2.45) is 0 Å². The van der Waals surface area contributed by atoms with Gasteiger partial charge in [0.1, 0.15) is 0 Å². The van der Waals surface area contributed by atoms with E-state index in [0.717, 1.165) is 37.8 Å². The molecule has 1 aliphatic heterocycles. The molecule has 1 aliphatic rings. The first-order chi connectivity index (χ1) is 10.1. The molecule has 0 aromatic heterocycles. The smallest absolute Gasteiger partial charge is 0.238 e. The lowest BCUT2D eigenvalue weighted by atomic mass is 10.1. The molecule has 1 saturated heterocycles. The molecule has 1 fully saturated rings. The number of anilines is 2. The number of aryl methyl sites for hydroxylation is 1. The molecule has 0 aliphatic carbocycles. The molecule has 0 radical (unpaired) electrons. The first-order valence-electron chi connectivity index (χ1n) is 7.61. The monoisotopic (exact) mass is 291 g/mol. The zero-order chi connectivity index (χ0) is 15.2. The molecule has 1 aromatic rings. The number of nitrogens with zero attached hydrogens (tertiary/aromatic N) is 1. The fourth-order valence-electron chi connectivity index (χ4n) is 2.93. The molecule has 1 atom stereocenters. The number of carbonyl (C=O) groups excluding carboxylic acids is 1. The van der Waals surface area contributed by atoms with Crippen LogP contribution in [-0.4, -0.2) is 41.7 Å². The van der Waals surface area contributed by atoms with Gasteiger partial charge in [0.25, 0.3) is 0 Å². The van der Waals surface area contributed by atoms with Gasteiger partial charge in [-0.1, -0.05) is 6.07 Å². The maximum absolute atomic E-state index is 12.2. The van der Waals surface area contributed by atoms with Crippen LogP contribution in [0.1, 0.15) is 31.2 Å². The van der Waals surface area contributed by atoms with E-state index in [1.807, 2.05) is 25.1 Å². The van der Waals surface area contributed by atoms with Crippen LogP contribution in [-0.2, 0) is 4.79 Å². The predicted octanol–water partition coefficient (Wildman–Crippen LogP) is 1.75. The van der Waals surface area contributed by atoms with E-state index in [9.17, 15) is 4.79 Å². The van der Waals surface area contributed by atoms with Gasteiger partial charge in [0.2, 0.25) is 5.91 Å². The maximum Gasteiger partial charge on any atom is 0.238 e. The van der Waals surface area contributed by atoms with Gasteiger partial charge >= 0.3 is 0 Å². The Morgan fingerprint density at radius 3 is 3.05 bits per heavy atom. The molecule has 0 spiro atoms.